The van der Waals surface area contributed by atoms with Gasteiger partial charge in [-0.05, 0) is 41.5 Å². The van der Waals surface area contributed by atoms with Crippen LogP contribution >= 0.6 is 0 Å². The molecule has 0 aromatic heterocycles. The summed E-state index contributed by atoms with van der Waals surface area (Å²) in [5.41, 5.74) is 4.76. The van der Waals surface area contributed by atoms with Crippen molar-refractivity contribution in [3.63, 3.8) is 0 Å². The van der Waals surface area contributed by atoms with Crippen molar-refractivity contribution < 1.29 is 9.66 Å². The summed E-state index contributed by atoms with van der Waals surface area (Å²) in [5, 5.41) is 15.1. The molecule has 1 aliphatic carbocycles. The number of nitrogens with one attached hydrogen (secondary N) is 1. The van der Waals surface area contributed by atoms with Crippen LogP contribution in [0.25, 0.3) is 0 Å². The van der Waals surface area contributed by atoms with Crippen LogP contribution < -0.4 is 10.1 Å². The molecule has 0 saturated carbocycles. The molecule has 134 valence electrons. The zero-order valence-electron chi connectivity index (χ0n) is 14.9. The summed E-state index contributed by atoms with van der Waals surface area (Å²) < 4.78 is 5.15. The average Bonchev–Trinajstić information content (AvgIpc) is 3.16. The van der Waals surface area contributed by atoms with Gasteiger partial charge in [-0.1, -0.05) is 43.3 Å². The molecule has 0 amide bonds. The van der Waals surface area contributed by atoms with E-state index in [1.165, 1.54) is 23.9 Å². The van der Waals surface area contributed by atoms with E-state index in [9.17, 15) is 10.1 Å². The van der Waals surface area contributed by atoms with E-state index in [1.807, 2.05) is 6.07 Å². The molecule has 1 N–H and O–H groups in total. The van der Waals surface area contributed by atoms with Crippen LogP contribution in [0.15, 0.2) is 48.6 Å². The third-order valence-electron chi connectivity index (χ3n) is 5.62. The summed E-state index contributed by atoms with van der Waals surface area (Å²) in [6, 6.07) is 11.8. The number of aryl methyl sites for hydroxylation is 1. The highest BCUT2D eigenvalue weighted by Gasteiger charge is 2.39. The number of nitrogens with zero attached hydrogens (tertiary/aromatic N) is 1. The Bertz CT molecular complexity index is 891. The Kier molecular flexibility index (Phi) is 4.15. The van der Waals surface area contributed by atoms with Crippen LogP contribution in [0.4, 0.5) is 11.4 Å². The van der Waals surface area contributed by atoms with Crippen molar-refractivity contribution in [2.24, 2.45) is 5.92 Å². The maximum absolute atomic E-state index is 11.4. The van der Waals surface area contributed by atoms with Crippen molar-refractivity contribution in [3.05, 3.63) is 75.4 Å². The number of allylic oxidation sites excluding steroid dienone is 2. The van der Waals surface area contributed by atoms with Gasteiger partial charge in [-0.15, -0.1) is 0 Å². The number of rotatable bonds is 4. The highest BCUT2D eigenvalue weighted by Crippen LogP contribution is 2.51. The number of anilines is 1. The minimum atomic E-state index is -0.374. The second-order valence-corrected chi connectivity index (χ2v) is 6.90. The fraction of sp³-hybridized carbons (Fsp3) is 0.333. The molecule has 26 heavy (non-hydrogen) atoms. The Hall–Kier alpha value is -2.82. The van der Waals surface area contributed by atoms with Crippen molar-refractivity contribution in [1.82, 2.24) is 0 Å². The van der Waals surface area contributed by atoms with Crippen LogP contribution in [0.1, 0.15) is 42.0 Å². The molecule has 4 rings (SSSR count). The Balaban J connectivity index is 1.80. The first-order chi connectivity index (χ1) is 12.6. The van der Waals surface area contributed by atoms with E-state index in [4.69, 9.17) is 4.74 Å². The summed E-state index contributed by atoms with van der Waals surface area (Å²) in [6.07, 6.45) is 6.44. The summed E-state index contributed by atoms with van der Waals surface area (Å²) >= 11 is 0. The van der Waals surface area contributed by atoms with E-state index in [2.05, 4.69) is 42.6 Å². The minimum Gasteiger partial charge on any atom is -0.490 e. The molecule has 3 unspecified atom stereocenters. The van der Waals surface area contributed by atoms with E-state index in [0.717, 1.165) is 18.4 Å². The van der Waals surface area contributed by atoms with Crippen molar-refractivity contribution in [2.45, 2.75) is 31.7 Å². The molecular weight excluding hydrogens is 328 g/mol. The molecule has 0 radical (unpaired) electrons. The van der Waals surface area contributed by atoms with E-state index < -0.39 is 0 Å². The van der Waals surface area contributed by atoms with Gasteiger partial charge in [-0.25, -0.2) is 0 Å². The Morgan fingerprint density at radius 2 is 2.15 bits per heavy atom. The van der Waals surface area contributed by atoms with E-state index in [-0.39, 0.29) is 16.7 Å². The second-order valence-electron chi connectivity index (χ2n) is 6.90. The zero-order valence-corrected chi connectivity index (χ0v) is 14.9. The van der Waals surface area contributed by atoms with Gasteiger partial charge in [0.05, 0.1) is 18.1 Å². The Labute approximate surface area is 152 Å². The lowest BCUT2D eigenvalue weighted by atomic mass is 9.76. The summed E-state index contributed by atoms with van der Waals surface area (Å²) in [6.45, 7) is 2.15. The average molecular weight is 350 g/mol. The molecule has 3 atom stereocenters. The summed E-state index contributed by atoms with van der Waals surface area (Å²) in [5.74, 6) is 1.01. The standard InChI is InChI=1S/C21H22N2O3/c1-3-13-6-4-8-16-15-7-5-9-17(15)21(22-20(13)16)14-10-11-19(26-2)18(12-14)23(24)25/h4-8,10-12,15,17,21-22H,3,9H2,1-2H3. The van der Waals surface area contributed by atoms with Gasteiger partial charge in [0.2, 0.25) is 0 Å². The molecule has 5 heteroatoms. The first-order valence-electron chi connectivity index (χ1n) is 9.01. The fourth-order valence-electron chi connectivity index (χ4n) is 4.35. The predicted octanol–water partition coefficient (Wildman–Crippen LogP) is 4.99. The maximum atomic E-state index is 11.4. The van der Waals surface area contributed by atoms with Crippen molar-refractivity contribution in [1.29, 1.82) is 0 Å². The number of benzene rings is 2. The smallest absolute Gasteiger partial charge is 0.311 e. The largest absolute Gasteiger partial charge is 0.490 e. The van der Waals surface area contributed by atoms with E-state index in [0.29, 0.717) is 17.6 Å². The molecule has 0 saturated heterocycles. The van der Waals surface area contributed by atoms with Crippen LogP contribution in [0.2, 0.25) is 0 Å². The number of hydrogen-bond acceptors (Lipinski definition) is 4. The van der Waals surface area contributed by atoms with Gasteiger partial charge in [-0.3, -0.25) is 10.1 Å². The summed E-state index contributed by atoms with van der Waals surface area (Å²) in [4.78, 5) is 11.1. The maximum Gasteiger partial charge on any atom is 0.311 e. The first-order valence-corrected chi connectivity index (χ1v) is 9.01. The number of fused-ring (bicyclic) bond motifs is 3. The molecule has 1 heterocycles. The molecule has 2 aromatic carbocycles. The van der Waals surface area contributed by atoms with Crippen LogP contribution in [0, 0.1) is 16.0 Å². The molecular formula is C21H22N2O3. The SMILES string of the molecule is CCc1cccc2c1NC(c1ccc(OC)c([N+](=O)[O-])c1)C1CC=CC21. The predicted molar refractivity (Wildman–Crippen MR) is 102 cm³/mol. The molecule has 2 aliphatic rings. The highest BCUT2D eigenvalue weighted by molar-refractivity contribution is 5.65. The molecule has 0 bridgehead atoms. The highest BCUT2D eigenvalue weighted by atomic mass is 16.6. The molecule has 5 nitrogen and oxygen atoms in total. The topological polar surface area (TPSA) is 64.4 Å². The van der Waals surface area contributed by atoms with Crippen LogP contribution in [0.3, 0.4) is 0 Å². The van der Waals surface area contributed by atoms with Crippen LogP contribution in [0.5, 0.6) is 5.75 Å². The van der Waals surface area contributed by atoms with Gasteiger partial charge in [0.15, 0.2) is 5.75 Å². The number of hydrogen-bond donors (Lipinski definition) is 1. The first kappa shape index (κ1) is 16.6. The normalized spacial score (nSPS) is 23.1. The number of nitro groups is 1. The van der Waals surface area contributed by atoms with Gasteiger partial charge in [0.25, 0.3) is 0 Å². The van der Waals surface area contributed by atoms with Gasteiger partial charge >= 0.3 is 5.69 Å². The number of ether oxygens (including phenoxy) is 1. The molecule has 2 aromatic rings. The van der Waals surface area contributed by atoms with Crippen molar-refractivity contribution in [2.75, 3.05) is 12.4 Å². The minimum absolute atomic E-state index is 0.0175. The second kappa shape index (κ2) is 6.48. The molecule has 0 spiro atoms. The van der Waals surface area contributed by atoms with E-state index in [1.54, 1.807) is 12.1 Å². The number of para-hydroxylation sites is 1. The monoisotopic (exact) mass is 350 g/mol. The third kappa shape index (κ3) is 2.55. The fourth-order valence-corrected chi connectivity index (χ4v) is 4.35. The lowest BCUT2D eigenvalue weighted by Crippen LogP contribution is -2.29. The lowest BCUT2D eigenvalue weighted by Gasteiger charge is -2.38. The quantitative estimate of drug-likeness (QED) is 0.479. The summed E-state index contributed by atoms with van der Waals surface area (Å²) in [7, 11) is 1.46. The van der Waals surface area contributed by atoms with E-state index >= 15 is 0 Å². The van der Waals surface area contributed by atoms with Gasteiger partial charge in [-0.2, -0.15) is 0 Å². The zero-order chi connectivity index (χ0) is 18.3. The molecule has 1 aliphatic heterocycles. The van der Waals surface area contributed by atoms with Crippen LogP contribution in [-0.4, -0.2) is 12.0 Å². The van der Waals surface area contributed by atoms with Gasteiger partial charge in [0.1, 0.15) is 0 Å². The number of nitro benzene ring substituents is 1. The van der Waals surface area contributed by atoms with Crippen molar-refractivity contribution >= 4 is 11.4 Å². The van der Waals surface area contributed by atoms with Gasteiger partial charge in [0, 0.05) is 17.7 Å². The Morgan fingerprint density at radius 3 is 2.88 bits per heavy atom. The van der Waals surface area contributed by atoms with Gasteiger partial charge < -0.3 is 10.1 Å². The molecule has 0 fully saturated rings. The Morgan fingerprint density at radius 1 is 1.31 bits per heavy atom. The number of methoxy groups -OCH3 is 1. The third-order valence-corrected chi connectivity index (χ3v) is 5.62. The van der Waals surface area contributed by atoms with Crippen molar-refractivity contribution in [3.8, 4) is 5.75 Å². The lowest BCUT2D eigenvalue weighted by molar-refractivity contribution is -0.385. The van der Waals surface area contributed by atoms with Crippen LogP contribution in [-0.2, 0) is 6.42 Å².